The minimum atomic E-state index is -1.08. The summed E-state index contributed by atoms with van der Waals surface area (Å²) in [6.45, 7) is 5.17. The molecule has 1 atom stereocenters. The Kier molecular flexibility index (Phi) is 4.27. The van der Waals surface area contributed by atoms with E-state index in [1.54, 1.807) is 20.8 Å². The van der Waals surface area contributed by atoms with Crippen LogP contribution in [0.5, 0.6) is 0 Å². The van der Waals surface area contributed by atoms with E-state index in [1.807, 2.05) is 0 Å². The molecule has 0 saturated carbocycles. The average Bonchev–Trinajstić information content (AvgIpc) is 2.75. The molecule has 4 nitrogen and oxygen atoms in total. The molecule has 1 unspecified atom stereocenters. The van der Waals surface area contributed by atoms with E-state index >= 15 is 0 Å². The average molecular weight is 315 g/mol. The monoisotopic (exact) mass is 314 g/mol. The lowest BCUT2D eigenvalue weighted by molar-refractivity contribution is 0.0935. The first-order chi connectivity index (χ1) is 9.82. The highest BCUT2D eigenvalue weighted by molar-refractivity contribution is 6.31. The van der Waals surface area contributed by atoms with Gasteiger partial charge in [-0.1, -0.05) is 16.8 Å². The van der Waals surface area contributed by atoms with Gasteiger partial charge in [-0.25, -0.2) is 8.78 Å². The number of halogens is 3. The summed E-state index contributed by atoms with van der Waals surface area (Å²) in [6.07, 6.45) is 0. The molecule has 1 amide bonds. The first-order valence-corrected chi connectivity index (χ1v) is 6.57. The van der Waals surface area contributed by atoms with Crippen LogP contribution >= 0.6 is 11.6 Å². The molecule has 7 heteroatoms. The quantitative estimate of drug-likeness (QED) is 0.879. The number of nitrogens with one attached hydrogen (secondary N) is 1. The molecule has 1 aromatic carbocycles. The van der Waals surface area contributed by atoms with Gasteiger partial charge in [0.25, 0.3) is 5.91 Å². The van der Waals surface area contributed by atoms with Crippen molar-refractivity contribution >= 4 is 17.5 Å². The minimum Gasteiger partial charge on any atom is -0.361 e. The molecule has 21 heavy (non-hydrogen) atoms. The zero-order chi connectivity index (χ0) is 15.7. The van der Waals surface area contributed by atoms with Crippen LogP contribution in [0.3, 0.4) is 0 Å². The Morgan fingerprint density at radius 3 is 2.62 bits per heavy atom. The zero-order valence-corrected chi connectivity index (χ0v) is 12.4. The van der Waals surface area contributed by atoms with Gasteiger partial charge in [-0.05, 0) is 32.9 Å². The lowest BCUT2D eigenvalue weighted by atomic mass is 10.1. The Morgan fingerprint density at radius 2 is 2.05 bits per heavy atom. The maximum absolute atomic E-state index is 13.8. The van der Waals surface area contributed by atoms with Gasteiger partial charge in [0.1, 0.15) is 16.6 Å². The predicted molar refractivity (Wildman–Crippen MR) is 73.2 cm³/mol. The molecule has 0 spiro atoms. The summed E-state index contributed by atoms with van der Waals surface area (Å²) in [5.41, 5.74) is 1.04. The van der Waals surface area contributed by atoms with Crippen molar-refractivity contribution in [3.63, 3.8) is 0 Å². The maximum Gasteiger partial charge on any atom is 0.254 e. The molecule has 0 aliphatic carbocycles. The van der Waals surface area contributed by atoms with Crippen molar-refractivity contribution in [2.75, 3.05) is 0 Å². The Labute approximate surface area is 125 Å². The summed E-state index contributed by atoms with van der Waals surface area (Å²) < 4.78 is 31.9. The Morgan fingerprint density at radius 1 is 1.38 bits per heavy atom. The third kappa shape index (κ3) is 2.90. The Hall–Kier alpha value is -1.95. The molecule has 1 heterocycles. The zero-order valence-electron chi connectivity index (χ0n) is 11.6. The first-order valence-electron chi connectivity index (χ1n) is 6.20. The van der Waals surface area contributed by atoms with Gasteiger partial charge in [0.05, 0.1) is 17.3 Å². The van der Waals surface area contributed by atoms with Crippen molar-refractivity contribution in [3.05, 3.63) is 51.4 Å². The maximum atomic E-state index is 13.8. The SMILES string of the molecule is Cc1noc(C)c1C(C)NC(=O)c1ccc(F)c(Cl)c1F. The largest absolute Gasteiger partial charge is 0.361 e. The predicted octanol–water partition coefficient (Wildman–Crippen LogP) is 3.71. The van der Waals surface area contributed by atoms with Gasteiger partial charge >= 0.3 is 0 Å². The second kappa shape index (κ2) is 5.81. The third-order valence-corrected chi connectivity index (χ3v) is 3.50. The van der Waals surface area contributed by atoms with E-state index in [4.69, 9.17) is 16.1 Å². The molecule has 1 N–H and O–H groups in total. The van der Waals surface area contributed by atoms with Crippen LogP contribution < -0.4 is 5.32 Å². The van der Waals surface area contributed by atoms with E-state index in [-0.39, 0.29) is 5.56 Å². The van der Waals surface area contributed by atoms with E-state index in [0.717, 1.165) is 17.7 Å². The number of aryl methyl sites for hydroxylation is 2. The minimum absolute atomic E-state index is 0.319. The Bertz CT molecular complexity index is 681. The highest BCUT2D eigenvalue weighted by Crippen LogP contribution is 2.24. The van der Waals surface area contributed by atoms with E-state index in [2.05, 4.69) is 10.5 Å². The molecule has 0 aliphatic heterocycles. The number of carbonyl (C=O) groups is 1. The standard InChI is InChI=1S/C14H13ClF2N2O2/c1-6(11-7(2)19-21-8(11)3)18-14(20)9-4-5-10(16)12(15)13(9)17/h4-6H,1-3H3,(H,18,20). The van der Waals surface area contributed by atoms with Crippen LogP contribution in [0.25, 0.3) is 0 Å². The first kappa shape index (κ1) is 15.4. The highest BCUT2D eigenvalue weighted by atomic mass is 35.5. The van der Waals surface area contributed by atoms with Gasteiger partial charge in [0.15, 0.2) is 5.82 Å². The number of nitrogens with zero attached hydrogens (tertiary/aromatic N) is 1. The van der Waals surface area contributed by atoms with E-state index in [0.29, 0.717) is 11.5 Å². The summed E-state index contributed by atoms with van der Waals surface area (Å²) in [5, 5.41) is 5.70. The molecule has 2 rings (SSSR count). The molecular formula is C14H13ClF2N2O2. The molecule has 2 aromatic rings. The fourth-order valence-corrected chi connectivity index (χ4v) is 2.32. The van der Waals surface area contributed by atoms with Crippen molar-refractivity contribution in [3.8, 4) is 0 Å². The molecule has 0 fully saturated rings. The van der Waals surface area contributed by atoms with E-state index in [9.17, 15) is 13.6 Å². The van der Waals surface area contributed by atoms with Crippen LogP contribution in [-0.4, -0.2) is 11.1 Å². The van der Waals surface area contributed by atoms with E-state index in [1.165, 1.54) is 0 Å². The second-order valence-electron chi connectivity index (χ2n) is 4.66. The highest BCUT2D eigenvalue weighted by Gasteiger charge is 2.22. The van der Waals surface area contributed by atoms with Gasteiger partial charge in [0.2, 0.25) is 0 Å². The third-order valence-electron chi connectivity index (χ3n) is 3.15. The molecule has 0 radical (unpaired) electrons. The number of hydrogen-bond acceptors (Lipinski definition) is 3. The van der Waals surface area contributed by atoms with Crippen LogP contribution in [0.4, 0.5) is 8.78 Å². The fraction of sp³-hybridized carbons (Fsp3) is 0.286. The number of aromatic nitrogens is 1. The second-order valence-corrected chi connectivity index (χ2v) is 5.03. The normalized spacial score (nSPS) is 12.3. The lowest BCUT2D eigenvalue weighted by Crippen LogP contribution is -2.28. The molecule has 0 saturated heterocycles. The number of hydrogen-bond donors (Lipinski definition) is 1. The summed E-state index contributed by atoms with van der Waals surface area (Å²) in [4.78, 5) is 12.1. The number of amides is 1. The summed E-state index contributed by atoms with van der Waals surface area (Å²) in [7, 11) is 0. The molecule has 0 bridgehead atoms. The summed E-state index contributed by atoms with van der Waals surface area (Å²) in [6, 6.07) is 1.55. The smallest absolute Gasteiger partial charge is 0.254 e. The van der Waals surface area contributed by atoms with Crippen molar-refractivity contribution in [2.45, 2.75) is 26.8 Å². The van der Waals surface area contributed by atoms with Crippen LogP contribution in [0, 0.1) is 25.5 Å². The van der Waals surface area contributed by atoms with Gasteiger partial charge in [-0.15, -0.1) is 0 Å². The molecule has 112 valence electrons. The topological polar surface area (TPSA) is 55.1 Å². The summed E-state index contributed by atoms with van der Waals surface area (Å²) >= 11 is 5.46. The lowest BCUT2D eigenvalue weighted by Gasteiger charge is -2.14. The Balaban J connectivity index is 2.25. The van der Waals surface area contributed by atoms with Crippen LogP contribution in [0.1, 0.15) is 40.3 Å². The van der Waals surface area contributed by atoms with Crippen molar-refractivity contribution in [2.24, 2.45) is 0 Å². The van der Waals surface area contributed by atoms with Crippen molar-refractivity contribution in [1.29, 1.82) is 0 Å². The van der Waals surface area contributed by atoms with Crippen LogP contribution in [0.2, 0.25) is 5.02 Å². The molecule has 0 aliphatic rings. The van der Waals surface area contributed by atoms with Crippen molar-refractivity contribution < 1.29 is 18.1 Å². The van der Waals surface area contributed by atoms with Crippen molar-refractivity contribution in [1.82, 2.24) is 10.5 Å². The van der Waals surface area contributed by atoms with Gasteiger partial charge in [-0.2, -0.15) is 0 Å². The molecule has 1 aromatic heterocycles. The van der Waals surface area contributed by atoms with Gasteiger partial charge in [0, 0.05) is 5.56 Å². The van der Waals surface area contributed by atoms with Gasteiger partial charge < -0.3 is 9.84 Å². The number of carbonyl (C=O) groups excluding carboxylic acids is 1. The van der Waals surface area contributed by atoms with E-state index < -0.39 is 28.6 Å². The van der Waals surface area contributed by atoms with Gasteiger partial charge in [-0.3, -0.25) is 4.79 Å². The number of rotatable bonds is 3. The fourth-order valence-electron chi connectivity index (χ4n) is 2.16. The number of benzene rings is 1. The summed E-state index contributed by atoms with van der Waals surface area (Å²) in [5.74, 6) is -2.12. The van der Waals surface area contributed by atoms with Crippen LogP contribution in [-0.2, 0) is 0 Å². The van der Waals surface area contributed by atoms with Crippen LogP contribution in [0.15, 0.2) is 16.7 Å². The molecular weight excluding hydrogens is 302 g/mol.